The van der Waals surface area contributed by atoms with E-state index in [9.17, 15) is 9.18 Å². The number of nitrogens with one attached hydrogen (secondary N) is 1. The summed E-state index contributed by atoms with van der Waals surface area (Å²) in [5, 5.41) is 2.63. The van der Waals surface area contributed by atoms with Gasteiger partial charge < -0.3 is 10.1 Å². The lowest BCUT2D eigenvalue weighted by Gasteiger charge is -2.11. The molecule has 0 aliphatic carbocycles. The van der Waals surface area contributed by atoms with Crippen LogP contribution in [-0.4, -0.2) is 24.9 Å². The van der Waals surface area contributed by atoms with Crippen LogP contribution in [0.25, 0.3) is 0 Å². The van der Waals surface area contributed by atoms with Crippen LogP contribution in [0.1, 0.15) is 17.3 Å². The first-order chi connectivity index (χ1) is 7.58. The summed E-state index contributed by atoms with van der Waals surface area (Å²) in [7, 11) is 1.37. The molecule has 1 aromatic rings. The molecule has 16 heavy (non-hydrogen) atoms. The summed E-state index contributed by atoms with van der Waals surface area (Å²) < 4.78 is 18.1. The van der Waals surface area contributed by atoms with Gasteiger partial charge in [0.1, 0.15) is 0 Å². The van der Waals surface area contributed by atoms with Gasteiger partial charge in [0.2, 0.25) is 0 Å². The Balaban J connectivity index is 2.81. The Labute approximate surface area is 98.5 Å². The molecular formula is C11H13ClFNO2. The number of hydrogen-bond donors (Lipinski definition) is 1. The Kier molecular flexibility index (Phi) is 4.55. The number of benzene rings is 1. The monoisotopic (exact) mass is 245 g/mol. The lowest BCUT2D eigenvalue weighted by atomic mass is 10.2. The second kappa shape index (κ2) is 5.70. The largest absolute Gasteiger partial charge is 0.494 e. The first-order valence-corrected chi connectivity index (χ1v) is 5.32. The van der Waals surface area contributed by atoms with Gasteiger partial charge >= 0.3 is 0 Å². The van der Waals surface area contributed by atoms with E-state index in [0.29, 0.717) is 5.88 Å². The fraction of sp³-hybridized carbons (Fsp3) is 0.364. The first kappa shape index (κ1) is 12.8. The maximum atomic E-state index is 13.3. The van der Waals surface area contributed by atoms with Crippen LogP contribution in [0.2, 0.25) is 0 Å². The van der Waals surface area contributed by atoms with Gasteiger partial charge in [-0.15, -0.1) is 11.6 Å². The van der Waals surface area contributed by atoms with Crippen molar-refractivity contribution >= 4 is 17.5 Å². The summed E-state index contributed by atoms with van der Waals surface area (Å²) in [6.07, 6.45) is 0. The second-order valence-corrected chi connectivity index (χ2v) is 3.69. The zero-order chi connectivity index (χ0) is 12.1. The Morgan fingerprint density at radius 1 is 1.62 bits per heavy atom. The van der Waals surface area contributed by atoms with Crippen molar-refractivity contribution in [1.29, 1.82) is 0 Å². The fourth-order valence-electron chi connectivity index (χ4n) is 1.15. The molecule has 1 aromatic carbocycles. The highest BCUT2D eigenvalue weighted by atomic mass is 35.5. The van der Waals surface area contributed by atoms with Gasteiger partial charge in [-0.05, 0) is 25.1 Å². The molecule has 1 atom stereocenters. The van der Waals surface area contributed by atoms with E-state index in [1.807, 2.05) is 0 Å². The number of alkyl halides is 1. The minimum Gasteiger partial charge on any atom is -0.494 e. The summed E-state index contributed by atoms with van der Waals surface area (Å²) in [4.78, 5) is 11.6. The fourth-order valence-corrected chi connectivity index (χ4v) is 1.23. The van der Waals surface area contributed by atoms with Gasteiger partial charge in [-0.2, -0.15) is 0 Å². The van der Waals surface area contributed by atoms with E-state index in [1.54, 1.807) is 6.92 Å². The van der Waals surface area contributed by atoms with Crippen molar-refractivity contribution in [1.82, 2.24) is 5.32 Å². The SMILES string of the molecule is COc1ccc(C(=O)NC(C)CCl)cc1F. The molecule has 1 unspecified atom stereocenters. The smallest absolute Gasteiger partial charge is 0.251 e. The lowest BCUT2D eigenvalue weighted by molar-refractivity contribution is 0.0943. The number of methoxy groups -OCH3 is 1. The zero-order valence-corrected chi connectivity index (χ0v) is 9.84. The molecule has 3 nitrogen and oxygen atoms in total. The maximum Gasteiger partial charge on any atom is 0.251 e. The van der Waals surface area contributed by atoms with Crippen molar-refractivity contribution in [3.8, 4) is 5.75 Å². The number of rotatable bonds is 4. The standard InChI is InChI=1S/C11H13ClFNO2/c1-7(6-12)14-11(15)8-3-4-10(16-2)9(13)5-8/h3-5,7H,6H2,1-2H3,(H,14,15). The molecule has 1 N–H and O–H groups in total. The molecule has 0 radical (unpaired) electrons. The molecule has 0 saturated heterocycles. The van der Waals surface area contributed by atoms with Gasteiger partial charge in [0.25, 0.3) is 5.91 Å². The average Bonchev–Trinajstić information content (AvgIpc) is 2.28. The third-order valence-corrected chi connectivity index (χ3v) is 2.49. The Morgan fingerprint density at radius 2 is 2.31 bits per heavy atom. The molecule has 0 heterocycles. The second-order valence-electron chi connectivity index (χ2n) is 3.38. The average molecular weight is 246 g/mol. The molecule has 0 bridgehead atoms. The normalized spacial score (nSPS) is 12.0. The predicted octanol–water partition coefficient (Wildman–Crippen LogP) is 2.19. The highest BCUT2D eigenvalue weighted by Crippen LogP contribution is 2.17. The molecular weight excluding hydrogens is 233 g/mol. The van der Waals surface area contributed by atoms with Crippen molar-refractivity contribution in [2.24, 2.45) is 0 Å². The third-order valence-electron chi connectivity index (χ3n) is 2.02. The van der Waals surface area contributed by atoms with Gasteiger partial charge in [0.15, 0.2) is 11.6 Å². The van der Waals surface area contributed by atoms with Crippen molar-refractivity contribution in [3.05, 3.63) is 29.6 Å². The molecule has 88 valence electrons. The van der Waals surface area contributed by atoms with Crippen LogP contribution >= 0.6 is 11.6 Å². The van der Waals surface area contributed by atoms with Gasteiger partial charge in [-0.3, -0.25) is 4.79 Å². The van der Waals surface area contributed by atoms with Gasteiger partial charge in [0, 0.05) is 17.5 Å². The molecule has 0 spiro atoms. The van der Waals surface area contributed by atoms with Crippen molar-refractivity contribution < 1.29 is 13.9 Å². The van der Waals surface area contributed by atoms with Gasteiger partial charge in [-0.1, -0.05) is 0 Å². The van der Waals surface area contributed by atoms with Crippen LogP contribution in [0.5, 0.6) is 5.75 Å². The van der Waals surface area contributed by atoms with Crippen LogP contribution in [0.4, 0.5) is 4.39 Å². The molecule has 0 aromatic heterocycles. The van der Waals surface area contributed by atoms with Crippen molar-refractivity contribution in [2.45, 2.75) is 13.0 Å². The van der Waals surface area contributed by atoms with Crippen LogP contribution in [0.15, 0.2) is 18.2 Å². The molecule has 5 heteroatoms. The summed E-state index contributed by atoms with van der Waals surface area (Å²) in [5.41, 5.74) is 0.246. The minimum absolute atomic E-state index is 0.113. The topological polar surface area (TPSA) is 38.3 Å². The number of halogens is 2. The number of amides is 1. The number of ether oxygens (including phenoxy) is 1. The molecule has 1 amide bonds. The molecule has 0 aliphatic heterocycles. The Bertz CT molecular complexity index is 384. The van der Waals surface area contributed by atoms with Crippen LogP contribution in [0.3, 0.4) is 0 Å². The van der Waals surface area contributed by atoms with E-state index < -0.39 is 5.82 Å². The third kappa shape index (κ3) is 3.10. The van der Waals surface area contributed by atoms with Crippen molar-refractivity contribution in [3.63, 3.8) is 0 Å². The molecule has 1 rings (SSSR count). The number of carbonyl (C=O) groups is 1. The zero-order valence-electron chi connectivity index (χ0n) is 9.09. The Hall–Kier alpha value is -1.29. The van der Waals surface area contributed by atoms with Gasteiger partial charge in [-0.25, -0.2) is 4.39 Å². The van der Waals surface area contributed by atoms with E-state index in [-0.39, 0.29) is 23.3 Å². The highest BCUT2D eigenvalue weighted by molar-refractivity contribution is 6.18. The molecule has 0 fully saturated rings. The lowest BCUT2D eigenvalue weighted by Crippen LogP contribution is -2.33. The van der Waals surface area contributed by atoms with Crippen LogP contribution in [0, 0.1) is 5.82 Å². The minimum atomic E-state index is -0.561. The Morgan fingerprint density at radius 3 is 2.81 bits per heavy atom. The first-order valence-electron chi connectivity index (χ1n) is 4.79. The molecule has 0 aliphatic rings. The maximum absolute atomic E-state index is 13.3. The summed E-state index contributed by atoms with van der Waals surface area (Å²) >= 11 is 5.55. The van der Waals surface area contributed by atoms with E-state index in [1.165, 1.54) is 19.2 Å². The summed E-state index contributed by atoms with van der Waals surface area (Å²) in [5.74, 6) is -0.491. The number of carbonyl (C=O) groups excluding carboxylic acids is 1. The summed E-state index contributed by atoms with van der Waals surface area (Å²) in [6, 6.07) is 3.89. The highest BCUT2D eigenvalue weighted by Gasteiger charge is 2.11. The van der Waals surface area contributed by atoms with E-state index in [4.69, 9.17) is 16.3 Å². The van der Waals surface area contributed by atoms with E-state index in [0.717, 1.165) is 6.07 Å². The van der Waals surface area contributed by atoms with E-state index in [2.05, 4.69) is 5.32 Å². The summed E-state index contributed by atoms with van der Waals surface area (Å²) in [6.45, 7) is 1.77. The van der Waals surface area contributed by atoms with E-state index >= 15 is 0 Å². The molecule has 0 saturated carbocycles. The van der Waals surface area contributed by atoms with Crippen molar-refractivity contribution in [2.75, 3.05) is 13.0 Å². The van der Waals surface area contributed by atoms with Crippen LogP contribution < -0.4 is 10.1 Å². The predicted molar refractivity (Wildman–Crippen MR) is 60.6 cm³/mol. The number of hydrogen-bond acceptors (Lipinski definition) is 2. The quantitative estimate of drug-likeness (QED) is 0.826. The van der Waals surface area contributed by atoms with Crippen LogP contribution in [-0.2, 0) is 0 Å². The van der Waals surface area contributed by atoms with Gasteiger partial charge in [0.05, 0.1) is 7.11 Å².